The maximum Gasteiger partial charge on any atom is 0.161 e. The summed E-state index contributed by atoms with van der Waals surface area (Å²) in [7, 11) is 0. The molecular formula is C21H30O4. The van der Waals surface area contributed by atoms with E-state index in [2.05, 4.69) is 19.9 Å². The zero-order valence-corrected chi connectivity index (χ0v) is 15.5. The number of hydrogen-bond donors (Lipinski definition) is 2. The largest absolute Gasteiger partial charge is 0.393 e. The standard InChI is InChI=1S/C21H30O4/c1-12(22)21(25)9-6-16-14-11-18(24)17-10-13(23)4-7-19(17,2)15(14)5-8-20(16,21)3/h4,7,14-18,24-25H,5-6,8-11H2,1-3H3/t14-,15+,16+,17?,18-,19-,20+,21+/m1/s1. The molecule has 4 aliphatic rings. The van der Waals surface area contributed by atoms with Gasteiger partial charge in [-0.05, 0) is 68.3 Å². The Labute approximate surface area is 149 Å². The molecule has 4 nitrogen and oxygen atoms in total. The molecule has 0 aromatic heterocycles. The fraction of sp³-hybridized carbons (Fsp3) is 0.810. The first-order valence-corrected chi connectivity index (χ1v) is 9.77. The van der Waals surface area contributed by atoms with Crippen molar-refractivity contribution in [3.05, 3.63) is 12.2 Å². The average molecular weight is 346 g/mol. The van der Waals surface area contributed by atoms with Crippen LogP contribution in [-0.2, 0) is 9.59 Å². The van der Waals surface area contributed by atoms with Gasteiger partial charge in [0.2, 0.25) is 0 Å². The van der Waals surface area contributed by atoms with Gasteiger partial charge >= 0.3 is 0 Å². The lowest BCUT2D eigenvalue weighted by atomic mass is 9.45. The number of aliphatic hydroxyl groups is 2. The lowest BCUT2D eigenvalue weighted by Gasteiger charge is -2.60. The van der Waals surface area contributed by atoms with Crippen LogP contribution in [0.4, 0.5) is 0 Å². The summed E-state index contributed by atoms with van der Waals surface area (Å²) in [4.78, 5) is 24.1. The van der Waals surface area contributed by atoms with Crippen LogP contribution < -0.4 is 0 Å². The maximum absolute atomic E-state index is 12.2. The van der Waals surface area contributed by atoms with Gasteiger partial charge in [0.05, 0.1) is 6.10 Å². The molecule has 25 heavy (non-hydrogen) atoms. The Balaban J connectivity index is 1.73. The van der Waals surface area contributed by atoms with E-state index in [-0.39, 0.29) is 28.8 Å². The van der Waals surface area contributed by atoms with Crippen LogP contribution in [0.1, 0.15) is 59.3 Å². The van der Waals surface area contributed by atoms with Crippen LogP contribution in [0.25, 0.3) is 0 Å². The summed E-state index contributed by atoms with van der Waals surface area (Å²) in [5, 5.41) is 22.0. The van der Waals surface area contributed by atoms with Gasteiger partial charge in [0.1, 0.15) is 5.60 Å². The summed E-state index contributed by atoms with van der Waals surface area (Å²) in [6, 6.07) is 0. The topological polar surface area (TPSA) is 74.6 Å². The van der Waals surface area contributed by atoms with Crippen molar-refractivity contribution in [1.82, 2.24) is 0 Å². The van der Waals surface area contributed by atoms with Crippen molar-refractivity contribution in [2.45, 2.75) is 71.0 Å². The fourth-order valence-corrected chi connectivity index (χ4v) is 7.28. The van der Waals surface area contributed by atoms with E-state index in [0.29, 0.717) is 31.1 Å². The summed E-state index contributed by atoms with van der Waals surface area (Å²) >= 11 is 0. The van der Waals surface area contributed by atoms with Crippen molar-refractivity contribution in [2.75, 3.05) is 0 Å². The number of carbonyl (C=O) groups excluding carboxylic acids is 2. The Bertz CT molecular complexity index is 654. The van der Waals surface area contributed by atoms with Crippen LogP contribution in [0.15, 0.2) is 12.2 Å². The van der Waals surface area contributed by atoms with E-state index < -0.39 is 17.1 Å². The average Bonchev–Trinajstić information content (AvgIpc) is 2.83. The molecule has 0 radical (unpaired) electrons. The van der Waals surface area contributed by atoms with Crippen LogP contribution in [0.3, 0.4) is 0 Å². The maximum atomic E-state index is 12.2. The third kappa shape index (κ3) is 2.07. The van der Waals surface area contributed by atoms with Gasteiger partial charge in [-0.15, -0.1) is 0 Å². The minimum absolute atomic E-state index is 0.00343. The number of aliphatic hydroxyl groups excluding tert-OH is 1. The molecule has 1 unspecified atom stereocenters. The normalized spacial score (nSPS) is 54.6. The molecule has 2 N–H and O–H groups in total. The minimum atomic E-state index is -1.22. The van der Waals surface area contributed by atoms with Crippen molar-refractivity contribution in [1.29, 1.82) is 0 Å². The Morgan fingerprint density at radius 2 is 1.84 bits per heavy atom. The summed E-state index contributed by atoms with van der Waals surface area (Å²) in [5.74, 6) is 0.994. The monoisotopic (exact) mass is 346 g/mol. The molecule has 4 rings (SSSR count). The van der Waals surface area contributed by atoms with Gasteiger partial charge in [-0.3, -0.25) is 9.59 Å². The van der Waals surface area contributed by atoms with Gasteiger partial charge in [0, 0.05) is 17.8 Å². The molecular weight excluding hydrogens is 316 g/mol. The van der Waals surface area contributed by atoms with E-state index >= 15 is 0 Å². The van der Waals surface area contributed by atoms with E-state index in [1.807, 2.05) is 0 Å². The molecule has 8 atom stereocenters. The molecule has 0 aromatic carbocycles. The number of fused-ring (bicyclic) bond motifs is 5. The predicted octanol–water partition coefficient (Wildman–Crippen LogP) is 2.67. The minimum Gasteiger partial charge on any atom is -0.393 e. The van der Waals surface area contributed by atoms with E-state index in [4.69, 9.17) is 0 Å². The molecule has 138 valence electrons. The van der Waals surface area contributed by atoms with E-state index in [0.717, 1.165) is 19.3 Å². The Morgan fingerprint density at radius 1 is 1.16 bits per heavy atom. The van der Waals surface area contributed by atoms with Crippen molar-refractivity contribution in [3.63, 3.8) is 0 Å². The first-order chi connectivity index (χ1) is 11.6. The number of rotatable bonds is 1. The quantitative estimate of drug-likeness (QED) is 0.765. The number of allylic oxidation sites excluding steroid dienone is 2. The number of Topliss-reactive ketones (excluding diaryl/α,β-unsaturated/α-hetero) is 1. The second kappa shape index (κ2) is 5.26. The van der Waals surface area contributed by atoms with Gasteiger partial charge < -0.3 is 10.2 Å². The summed E-state index contributed by atoms with van der Waals surface area (Å²) in [6.07, 6.45) is 7.60. The smallest absolute Gasteiger partial charge is 0.161 e. The molecule has 3 fully saturated rings. The van der Waals surface area contributed by atoms with Crippen molar-refractivity contribution < 1.29 is 19.8 Å². The van der Waals surface area contributed by atoms with Crippen LogP contribution >= 0.6 is 0 Å². The molecule has 4 aliphatic carbocycles. The van der Waals surface area contributed by atoms with E-state index in [9.17, 15) is 19.8 Å². The van der Waals surface area contributed by atoms with Gasteiger partial charge in [-0.1, -0.05) is 19.9 Å². The summed E-state index contributed by atoms with van der Waals surface area (Å²) < 4.78 is 0. The highest BCUT2D eigenvalue weighted by molar-refractivity contribution is 5.91. The molecule has 4 heteroatoms. The van der Waals surface area contributed by atoms with Crippen LogP contribution in [0.5, 0.6) is 0 Å². The van der Waals surface area contributed by atoms with Crippen LogP contribution in [0, 0.1) is 34.5 Å². The van der Waals surface area contributed by atoms with Gasteiger partial charge in [-0.2, -0.15) is 0 Å². The number of hydrogen-bond acceptors (Lipinski definition) is 4. The third-order valence-corrected chi connectivity index (χ3v) is 8.80. The molecule has 3 saturated carbocycles. The van der Waals surface area contributed by atoms with E-state index in [1.165, 1.54) is 6.92 Å². The van der Waals surface area contributed by atoms with Gasteiger partial charge in [0.15, 0.2) is 11.6 Å². The van der Waals surface area contributed by atoms with Crippen molar-refractivity contribution in [2.24, 2.45) is 34.5 Å². The zero-order valence-electron chi connectivity index (χ0n) is 15.5. The molecule has 0 aliphatic heterocycles. The summed E-state index contributed by atoms with van der Waals surface area (Å²) in [5.41, 5.74) is -1.77. The SMILES string of the molecule is CC(=O)[C@@]1(O)CC[C@H]2[C@@H]3C[C@@H](O)C4CC(=O)C=C[C@]4(C)[C@H]3CC[C@@]21C. The Morgan fingerprint density at radius 3 is 2.52 bits per heavy atom. The third-order valence-electron chi connectivity index (χ3n) is 8.80. The molecule has 0 spiro atoms. The predicted molar refractivity (Wildman–Crippen MR) is 93.7 cm³/mol. The molecule has 0 heterocycles. The highest BCUT2D eigenvalue weighted by Crippen LogP contribution is 2.67. The molecule has 0 bridgehead atoms. The second-order valence-electron chi connectivity index (χ2n) is 9.57. The van der Waals surface area contributed by atoms with Crippen molar-refractivity contribution >= 4 is 11.6 Å². The highest BCUT2D eigenvalue weighted by atomic mass is 16.3. The first kappa shape index (κ1) is 17.4. The van der Waals surface area contributed by atoms with E-state index in [1.54, 1.807) is 6.08 Å². The molecule has 0 amide bonds. The number of ketones is 2. The highest BCUT2D eigenvalue weighted by Gasteiger charge is 2.66. The first-order valence-electron chi connectivity index (χ1n) is 9.77. The lowest BCUT2D eigenvalue weighted by Crippen LogP contribution is -2.60. The molecule has 0 aromatic rings. The summed E-state index contributed by atoms with van der Waals surface area (Å²) in [6.45, 7) is 5.81. The number of carbonyl (C=O) groups is 2. The van der Waals surface area contributed by atoms with Gasteiger partial charge in [0.25, 0.3) is 0 Å². The Hall–Kier alpha value is -1.00. The fourth-order valence-electron chi connectivity index (χ4n) is 7.28. The molecule has 0 saturated heterocycles. The van der Waals surface area contributed by atoms with Crippen LogP contribution in [0.2, 0.25) is 0 Å². The second-order valence-corrected chi connectivity index (χ2v) is 9.57. The Kier molecular flexibility index (Phi) is 3.66. The lowest BCUT2D eigenvalue weighted by molar-refractivity contribution is -0.172. The van der Waals surface area contributed by atoms with Gasteiger partial charge in [-0.25, -0.2) is 0 Å². The zero-order chi connectivity index (χ0) is 18.2. The van der Waals surface area contributed by atoms with Crippen LogP contribution in [-0.4, -0.2) is 33.5 Å². The van der Waals surface area contributed by atoms with Crippen molar-refractivity contribution in [3.8, 4) is 0 Å².